The van der Waals surface area contributed by atoms with E-state index in [-0.39, 0.29) is 11.9 Å². The number of benzene rings is 2. The van der Waals surface area contributed by atoms with Crippen LogP contribution >= 0.6 is 0 Å². The standard InChI is InChI=1S/C24H25N3O/c28-24(20-13-12-18-8-4-9-19(18)14-20)26-22-10-5-11-23-21(22)15-25-27(23)16-17-6-2-1-3-7-17/h1-3,6-7,12-15,22H,4-5,8-11,16H2,(H,26,28). The molecule has 3 aromatic rings. The van der Waals surface area contributed by atoms with Gasteiger partial charge in [-0.1, -0.05) is 36.4 Å². The molecule has 0 saturated heterocycles. The third-order valence-corrected chi connectivity index (χ3v) is 6.10. The average Bonchev–Trinajstić information content (AvgIpc) is 3.36. The Morgan fingerprint density at radius 2 is 1.89 bits per heavy atom. The van der Waals surface area contributed by atoms with Crippen molar-refractivity contribution in [1.29, 1.82) is 0 Å². The number of carbonyl (C=O) groups excluding carboxylic acids is 1. The number of nitrogens with zero attached hydrogens (tertiary/aromatic N) is 2. The van der Waals surface area contributed by atoms with Gasteiger partial charge in [-0.3, -0.25) is 9.48 Å². The third kappa shape index (κ3) is 3.24. The van der Waals surface area contributed by atoms with Gasteiger partial charge in [0, 0.05) is 16.8 Å². The Morgan fingerprint density at radius 3 is 2.79 bits per heavy atom. The number of carbonyl (C=O) groups is 1. The molecule has 1 unspecified atom stereocenters. The fourth-order valence-electron chi connectivity index (χ4n) is 4.62. The zero-order valence-electron chi connectivity index (χ0n) is 16.0. The Balaban J connectivity index is 1.34. The number of aryl methyl sites for hydroxylation is 2. The van der Waals surface area contributed by atoms with Crippen molar-refractivity contribution in [1.82, 2.24) is 15.1 Å². The van der Waals surface area contributed by atoms with Crippen LogP contribution in [0.3, 0.4) is 0 Å². The highest BCUT2D eigenvalue weighted by Crippen LogP contribution is 2.30. The summed E-state index contributed by atoms with van der Waals surface area (Å²) in [6, 6.07) is 16.6. The highest BCUT2D eigenvalue weighted by molar-refractivity contribution is 5.94. The monoisotopic (exact) mass is 371 g/mol. The Hall–Kier alpha value is -2.88. The summed E-state index contributed by atoms with van der Waals surface area (Å²) < 4.78 is 2.10. The SMILES string of the molecule is O=C(NC1CCCc2c1cnn2Cc1ccccc1)c1ccc2c(c1)CCC2. The van der Waals surface area contributed by atoms with Gasteiger partial charge in [0.2, 0.25) is 0 Å². The molecule has 0 radical (unpaired) electrons. The first-order chi connectivity index (χ1) is 13.8. The van der Waals surface area contributed by atoms with Crippen molar-refractivity contribution in [2.75, 3.05) is 0 Å². The predicted molar refractivity (Wildman–Crippen MR) is 109 cm³/mol. The lowest BCUT2D eigenvalue weighted by Crippen LogP contribution is -2.31. The molecule has 28 heavy (non-hydrogen) atoms. The molecule has 2 aliphatic rings. The zero-order chi connectivity index (χ0) is 18.9. The summed E-state index contributed by atoms with van der Waals surface area (Å²) in [5.74, 6) is 0.0309. The second kappa shape index (κ2) is 7.27. The van der Waals surface area contributed by atoms with E-state index < -0.39 is 0 Å². The van der Waals surface area contributed by atoms with Gasteiger partial charge in [0.05, 0.1) is 18.8 Å². The number of aromatic nitrogens is 2. The first kappa shape index (κ1) is 17.2. The molecule has 1 heterocycles. The van der Waals surface area contributed by atoms with Crippen LogP contribution in [-0.2, 0) is 25.8 Å². The van der Waals surface area contributed by atoms with E-state index in [2.05, 4.69) is 51.5 Å². The molecule has 2 aromatic carbocycles. The minimum Gasteiger partial charge on any atom is -0.345 e. The lowest BCUT2D eigenvalue weighted by Gasteiger charge is -2.24. The van der Waals surface area contributed by atoms with Gasteiger partial charge in [-0.05, 0) is 67.3 Å². The number of amides is 1. The van der Waals surface area contributed by atoms with Crippen molar-refractivity contribution in [2.45, 2.75) is 51.1 Å². The zero-order valence-corrected chi connectivity index (χ0v) is 16.0. The summed E-state index contributed by atoms with van der Waals surface area (Å²) in [5.41, 5.74) is 7.21. The Bertz CT molecular complexity index is 1010. The van der Waals surface area contributed by atoms with Crippen LogP contribution in [0.15, 0.2) is 54.7 Å². The molecule has 1 N–H and O–H groups in total. The largest absolute Gasteiger partial charge is 0.345 e. The van der Waals surface area contributed by atoms with Crippen LogP contribution in [0.4, 0.5) is 0 Å². The molecule has 1 aromatic heterocycles. The third-order valence-electron chi connectivity index (χ3n) is 6.10. The quantitative estimate of drug-likeness (QED) is 0.746. The number of hydrogen-bond donors (Lipinski definition) is 1. The molecule has 142 valence electrons. The van der Waals surface area contributed by atoms with Crippen molar-refractivity contribution in [2.24, 2.45) is 0 Å². The maximum absolute atomic E-state index is 12.9. The topological polar surface area (TPSA) is 46.9 Å². The Labute approximate surface area is 165 Å². The molecule has 5 rings (SSSR count). The van der Waals surface area contributed by atoms with Crippen LogP contribution in [-0.4, -0.2) is 15.7 Å². The summed E-state index contributed by atoms with van der Waals surface area (Å²) in [6.07, 6.45) is 8.45. The summed E-state index contributed by atoms with van der Waals surface area (Å²) in [4.78, 5) is 12.9. The van der Waals surface area contributed by atoms with E-state index in [9.17, 15) is 4.79 Å². The van der Waals surface area contributed by atoms with Crippen LogP contribution in [0.2, 0.25) is 0 Å². The molecular formula is C24H25N3O. The minimum atomic E-state index is 0.0309. The van der Waals surface area contributed by atoms with E-state index in [1.54, 1.807) is 0 Å². The molecule has 4 heteroatoms. The van der Waals surface area contributed by atoms with Crippen LogP contribution in [0.25, 0.3) is 0 Å². The average molecular weight is 371 g/mol. The summed E-state index contributed by atoms with van der Waals surface area (Å²) in [5, 5.41) is 7.90. The highest BCUT2D eigenvalue weighted by Gasteiger charge is 2.26. The van der Waals surface area contributed by atoms with Gasteiger partial charge >= 0.3 is 0 Å². The van der Waals surface area contributed by atoms with Gasteiger partial charge in [-0.15, -0.1) is 0 Å². The molecule has 0 saturated carbocycles. The van der Waals surface area contributed by atoms with E-state index in [1.807, 2.05) is 18.3 Å². The summed E-state index contributed by atoms with van der Waals surface area (Å²) in [6.45, 7) is 0.779. The second-order valence-electron chi connectivity index (χ2n) is 7.95. The highest BCUT2D eigenvalue weighted by atomic mass is 16.1. The van der Waals surface area contributed by atoms with Crippen molar-refractivity contribution >= 4 is 5.91 Å². The van der Waals surface area contributed by atoms with Gasteiger partial charge in [0.15, 0.2) is 0 Å². The number of fused-ring (bicyclic) bond motifs is 2. The van der Waals surface area contributed by atoms with E-state index >= 15 is 0 Å². The molecule has 0 bridgehead atoms. The number of hydrogen-bond acceptors (Lipinski definition) is 2. The molecule has 0 aliphatic heterocycles. The Kier molecular flexibility index (Phi) is 4.47. The first-order valence-corrected chi connectivity index (χ1v) is 10.3. The van der Waals surface area contributed by atoms with Gasteiger partial charge in [0.1, 0.15) is 0 Å². The first-order valence-electron chi connectivity index (χ1n) is 10.3. The van der Waals surface area contributed by atoms with Crippen LogP contribution in [0.1, 0.15) is 63.6 Å². The van der Waals surface area contributed by atoms with Crippen molar-refractivity contribution in [3.05, 3.63) is 88.2 Å². The lowest BCUT2D eigenvalue weighted by atomic mass is 9.92. The van der Waals surface area contributed by atoms with Gasteiger partial charge in [-0.25, -0.2) is 0 Å². The van der Waals surface area contributed by atoms with E-state index in [1.165, 1.54) is 34.4 Å². The minimum absolute atomic E-state index is 0.0309. The van der Waals surface area contributed by atoms with E-state index in [0.29, 0.717) is 0 Å². The summed E-state index contributed by atoms with van der Waals surface area (Å²) >= 11 is 0. The van der Waals surface area contributed by atoms with Gasteiger partial charge in [0.25, 0.3) is 5.91 Å². The fraction of sp³-hybridized carbons (Fsp3) is 0.333. The van der Waals surface area contributed by atoms with Crippen LogP contribution in [0.5, 0.6) is 0 Å². The van der Waals surface area contributed by atoms with Gasteiger partial charge in [-0.2, -0.15) is 5.10 Å². The summed E-state index contributed by atoms with van der Waals surface area (Å²) in [7, 11) is 0. The van der Waals surface area contributed by atoms with Crippen molar-refractivity contribution in [3.63, 3.8) is 0 Å². The maximum atomic E-state index is 12.9. The molecular weight excluding hydrogens is 346 g/mol. The van der Waals surface area contributed by atoms with Crippen molar-refractivity contribution in [3.8, 4) is 0 Å². The van der Waals surface area contributed by atoms with Crippen LogP contribution in [0, 0.1) is 0 Å². The predicted octanol–water partition coefficient (Wildman–Crippen LogP) is 4.23. The maximum Gasteiger partial charge on any atom is 0.251 e. The van der Waals surface area contributed by atoms with Crippen molar-refractivity contribution < 1.29 is 4.79 Å². The molecule has 4 nitrogen and oxygen atoms in total. The number of rotatable bonds is 4. The molecule has 1 amide bonds. The Morgan fingerprint density at radius 1 is 1.04 bits per heavy atom. The van der Waals surface area contributed by atoms with Crippen LogP contribution < -0.4 is 5.32 Å². The molecule has 1 atom stereocenters. The molecule has 0 fully saturated rings. The van der Waals surface area contributed by atoms with E-state index in [0.717, 1.165) is 44.2 Å². The van der Waals surface area contributed by atoms with Gasteiger partial charge < -0.3 is 5.32 Å². The normalized spacial score (nSPS) is 17.8. The lowest BCUT2D eigenvalue weighted by molar-refractivity contribution is 0.0932. The molecule has 2 aliphatic carbocycles. The smallest absolute Gasteiger partial charge is 0.251 e. The molecule has 0 spiro atoms. The second-order valence-corrected chi connectivity index (χ2v) is 7.95. The fourth-order valence-corrected chi connectivity index (χ4v) is 4.62. The number of nitrogens with one attached hydrogen (secondary N) is 1. The van der Waals surface area contributed by atoms with E-state index in [4.69, 9.17) is 0 Å².